The van der Waals surface area contributed by atoms with Crippen LogP contribution in [0.3, 0.4) is 0 Å². The highest BCUT2D eigenvalue weighted by molar-refractivity contribution is 8.05. The van der Waals surface area contributed by atoms with Crippen molar-refractivity contribution in [3.05, 3.63) is 34.4 Å². The second kappa shape index (κ2) is 5.59. The van der Waals surface area contributed by atoms with Crippen molar-refractivity contribution in [2.75, 3.05) is 11.7 Å². The Morgan fingerprint density at radius 1 is 1.38 bits per heavy atom. The predicted molar refractivity (Wildman–Crippen MR) is 65.7 cm³/mol. The van der Waals surface area contributed by atoms with Crippen molar-refractivity contribution in [2.45, 2.75) is 11.8 Å². The van der Waals surface area contributed by atoms with Crippen LogP contribution in [0.5, 0.6) is 0 Å². The summed E-state index contributed by atoms with van der Waals surface area (Å²) >= 11 is 1.30. The number of benzene rings is 1. The highest BCUT2D eigenvalue weighted by atomic mass is 32.2. The van der Waals surface area contributed by atoms with Gasteiger partial charge in [-0.3, -0.25) is 10.1 Å². The zero-order valence-corrected chi connectivity index (χ0v) is 10.4. The Labute approximate surface area is 98.1 Å². The van der Waals surface area contributed by atoms with Crippen LogP contribution < -0.4 is 0 Å². The van der Waals surface area contributed by atoms with Crippen LogP contribution in [0.25, 0.3) is 0 Å². The molecule has 0 saturated heterocycles. The van der Waals surface area contributed by atoms with E-state index in [0.717, 1.165) is 4.90 Å². The highest BCUT2D eigenvalue weighted by Crippen LogP contribution is 2.53. The van der Waals surface area contributed by atoms with E-state index in [4.69, 9.17) is 0 Å². The van der Waals surface area contributed by atoms with E-state index in [0.29, 0.717) is 6.16 Å². The van der Waals surface area contributed by atoms with E-state index < -0.39 is 12.6 Å². The molecular formula is C9H13NO4PS+. The van der Waals surface area contributed by atoms with Gasteiger partial charge in [0.2, 0.25) is 0 Å². The minimum atomic E-state index is -2.79. The van der Waals surface area contributed by atoms with E-state index in [1.165, 1.54) is 23.9 Å². The van der Waals surface area contributed by atoms with Gasteiger partial charge in [0.1, 0.15) is 6.16 Å². The SMILES string of the molecule is CC[P+](O)(O)CSc1ccc([N+](=O)[O-])cc1. The first kappa shape index (κ1) is 13.4. The van der Waals surface area contributed by atoms with Gasteiger partial charge in [-0.1, -0.05) is 11.8 Å². The molecule has 0 fully saturated rings. The summed E-state index contributed by atoms with van der Waals surface area (Å²) in [5.74, 6) is 0. The van der Waals surface area contributed by atoms with Crippen LogP contribution >= 0.6 is 19.5 Å². The van der Waals surface area contributed by atoms with Gasteiger partial charge in [0, 0.05) is 17.0 Å². The van der Waals surface area contributed by atoms with Gasteiger partial charge in [-0.2, -0.15) is 0 Å². The van der Waals surface area contributed by atoms with Crippen LogP contribution in [0, 0.1) is 10.1 Å². The Morgan fingerprint density at radius 3 is 2.38 bits per heavy atom. The van der Waals surface area contributed by atoms with E-state index in [2.05, 4.69) is 0 Å². The molecule has 0 atom stereocenters. The molecule has 1 aromatic rings. The standard InChI is InChI=1S/C9H13NO4PS/c1-2-15(13,14)7-16-9-5-3-8(4-6-9)10(11)12/h3-6,13-14H,2,7H2,1H3/q+1. The topological polar surface area (TPSA) is 83.6 Å². The van der Waals surface area contributed by atoms with Gasteiger partial charge in [0.05, 0.1) is 4.92 Å². The Bertz CT molecular complexity index is 368. The smallest absolute Gasteiger partial charge is 0.258 e. The molecule has 1 aromatic carbocycles. The van der Waals surface area contributed by atoms with Crippen molar-refractivity contribution in [3.8, 4) is 0 Å². The molecule has 0 radical (unpaired) electrons. The molecule has 0 heterocycles. The predicted octanol–water partition coefficient (Wildman–Crippen LogP) is 2.50. The van der Waals surface area contributed by atoms with Gasteiger partial charge in [-0.25, -0.2) is 9.79 Å². The molecule has 0 saturated carbocycles. The van der Waals surface area contributed by atoms with E-state index >= 15 is 0 Å². The number of hydrogen-bond donors (Lipinski definition) is 2. The molecular weight excluding hydrogens is 249 g/mol. The average molecular weight is 262 g/mol. The van der Waals surface area contributed by atoms with Crippen molar-refractivity contribution in [1.29, 1.82) is 0 Å². The molecule has 2 N–H and O–H groups in total. The third-order valence-electron chi connectivity index (χ3n) is 1.99. The average Bonchev–Trinajstić information content (AvgIpc) is 2.27. The molecule has 0 aromatic heterocycles. The normalized spacial score (nSPS) is 11.4. The fraction of sp³-hybridized carbons (Fsp3) is 0.333. The fourth-order valence-corrected chi connectivity index (χ4v) is 3.42. The summed E-state index contributed by atoms with van der Waals surface area (Å²) in [6.45, 7) is 1.73. The molecule has 7 heteroatoms. The van der Waals surface area contributed by atoms with Gasteiger partial charge < -0.3 is 0 Å². The Hall–Kier alpha value is -0.680. The van der Waals surface area contributed by atoms with Crippen LogP contribution in [0.4, 0.5) is 5.69 Å². The maximum atomic E-state index is 10.4. The lowest BCUT2D eigenvalue weighted by atomic mass is 10.3. The van der Waals surface area contributed by atoms with Gasteiger partial charge in [-0.05, 0) is 19.1 Å². The lowest BCUT2D eigenvalue weighted by molar-refractivity contribution is -0.384. The summed E-state index contributed by atoms with van der Waals surface area (Å²) in [7, 11) is -2.79. The maximum absolute atomic E-state index is 10.4. The van der Waals surface area contributed by atoms with E-state index in [1.807, 2.05) is 0 Å². The van der Waals surface area contributed by atoms with Crippen molar-refractivity contribution in [3.63, 3.8) is 0 Å². The minimum absolute atomic E-state index is 0.0360. The van der Waals surface area contributed by atoms with E-state index in [-0.39, 0.29) is 11.2 Å². The summed E-state index contributed by atoms with van der Waals surface area (Å²) < 4.78 is 0. The molecule has 1 rings (SSSR count). The number of non-ortho nitro benzene ring substituents is 1. The number of nitro benzene ring substituents is 1. The van der Waals surface area contributed by atoms with E-state index in [9.17, 15) is 19.9 Å². The molecule has 0 spiro atoms. The summed E-state index contributed by atoms with van der Waals surface area (Å²) in [4.78, 5) is 29.7. The first-order valence-corrected chi connectivity index (χ1v) is 7.69. The zero-order chi connectivity index (χ0) is 12.2. The van der Waals surface area contributed by atoms with Gasteiger partial charge >= 0.3 is 0 Å². The number of nitro groups is 1. The maximum Gasteiger partial charge on any atom is 0.277 e. The molecule has 0 amide bonds. The number of rotatable bonds is 5. The van der Waals surface area contributed by atoms with Crippen LogP contribution in [0.1, 0.15) is 6.92 Å². The molecule has 88 valence electrons. The molecule has 0 unspecified atom stereocenters. The monoisotopic (exact) mass is 262 g/mol. The number of thioether (sulfide) groups is 1. The van der Waals surface area contributed by atoms with Crippen LogP contribution in [-0.4, -0.2) is 26.4 Å². The molecule has 0 aliphatic heterocycles. The summed E-state index contributed by atoms with van der Waals surface area (Å²) in [6, 6.07) is 6.03. The third kappa shape index (κ3) is 4.06. The summed E-state index contributed by atoms with van der Waals surface area (Å²) in [5, 5.41) is 10.4. The molecule has 16 heavy (non-hydrogen) atoms. The van der Waals surface area contributed by atoms with Crippen LogP contribution in [0.15, 0.2) is 29.2 Å². The molecule has 0 aliphatic rings. The van der Waals surface area contributed by atoms with Gasteiger partial charge in [0.15, 0.2) is 5.49 Å². The third-order valence-corrected chi connectivity index (χ3v) is 5.78. The first-order valence-electron chi connectivity index (χ1n) is 4.64. The number of nitrogens with zero attached hydrogens (tertiary/aromatic N) is 1. The Balaban J connectivity index is 2.59. The van der Waals surface area contributed by atoms with E-state index in [1.54, 1.807) is 19.1 Å². The minimum Gasteiger partial charge on any atom is -0.258 e. The summed E-state index contributed by atoms with van der Waals surface area (Å²) in [6.07, 6.45) is 0.354. The molecule has 0 aliphatic carbocycles. The first-order chi connectivity index (χ1) is 7.44. The lowest BCUT2D eigenvalue weighted by Crippen LogP contribution is -1.95. The Kier molecular flexibility index (Phi) is 4.68. The van der Waals surface area contributed by atoms with Crippen LogP contribution in [0.2, 0.25) is 0 Å². The van der Waals surface area contributed by atoms with Crippen molar-refractivity contribution in [2.24, 2.45) is 0 Å². The quantitative estimate of drug-likeness (QED) is 0.368. The largest absolute Gasteiger partial charge is 0.277 e. The summed E-state index contributed by atoms with van der Waals surface area (Å²) in [5.41, 5.74) is 0.287. The van der Waals surface area contributed by atoms with Crippen LogP contribution in [-0.2, 0) is 0 Å². The highest BCUT2D eigenvalue weighted by Gasteiger charge is 2.30. The van der Waals surface area contributed by atoms with Crippen molar-refractivity contribution >= 4 is 25.2 Å². The Morgan fingerprint density at radius 2 is 1.94 bits per heavy atom. The zero-order valence-electron chi connectivity index (χ0n) is 8.74. The fourth-order valence-electron chi connectivity index (χ4n) is 0.933. The second-order valence-electron chi connectivity index (χ2n) is 3.22. The molecule has 5 nitrogen and oxygen atoms in total. The van der Waals surface area contributed by atoms with Crippen molar-refractivity contribution in [1.82, 2.24) is 0 Å². The van der Waals surface area contributed by atoms with Gasteiger partial charge in [-0.15, -0.1) is 0 Å². The number of hydrogen-bond acceptors (Lipinski definition) is 5. The second-order valence-corrected chi connectivity index (χ2v) is 7.40. The van der Waals surface area contributed by atoms with Gasteiger partial charge in [0.25, 0.3) is 13.4 Å². The molecule has 0 bridgehead atoms. The van der Waals surface area contributed by atoms with Crippen molar-refractivity contribution < 1.29 is 14.7 Å². The lowest BCUT2D eigenvalue weighted by Gasteiger charge is -2.09.